The molecule has 0 aliphatic carbocycles. The van der Waals surface area contributed by atoms with E-state index in [4.69, 9.17) is 5.73 Å². The summed E-state index contributed by atoms with van der Waals surface area (Å²) in [6, 6.07) is 0.124. The number of nitrogens with two attached hydrogens (primary N) is 1. The molecule has 1 aromatic rings. The summed E-state index contributed by atoms with van der Waals surface area (Å²) in [6.45, 7) is 1.69. The maximum Gasteiger partial charge on any atom is 0.319 e. The van der Waals surface area contributed by atoms with E-state index >= 15 is 0 Å². The zero-order valence-electron chi connectivity index (χ0n) is 9.89. The monoisotopic (exact) mass is 244 g/mol. The molecule has 1 saturated heterocycles. The summed E-state index contributed by atoms with van der Waals surface area (Å²) in [6.07, 6.45) is 3.73. The molecule has 6 heteroatoms. The summed E-state index contributed by atoms with van der Waals surface area (Å²) in [5.41, 5.74) is 5.98. The molecule has 2 rings (SSSR count). The molecule has 0 radical (unpaired) electrons. The van der Waals surface area contributed by atoms with Crippen LogP contribution in [0.4, 0.5) is 8.78 Å². The van der Waals surface area contributed by atoms with E-state index in [0.717, 1.165) is 24.1 Å². The van der Waals surface area contributed by atoms with E-state index in [1.807, 2.05) is 0 Å². The lowest BCUT2D eigenvalue weighted by Crippen LogP contribution is -2.47. The molecule has 2 heterocycles. The van der Waals surface area contributed by atoms with E-state index in [1.54, 1.807) is 0 Å². The second-order valence-corrected chi connectivity index (χ2v) is 4.69. The Morgan fingerprint density at radius 1 is 1.59 bits per heavy atom. The van der Waals surface area contributed by atoms with Crippen molar-refractivity contribution in [3.63, 3.8) is 0 Å². The molecule has 0 amide bonds. The van der Waals surface area contributed by atoms with Crippen molar-refractivity contribution in [1.29, 1.82) is 0 Å². The van der Waals surface area contributed by atoms with Crippen LogP contribution in [-0.4, -0.2) is 33.6 Å². The summed E-state index contributed by atoms with van der Waals surface area (Å²) in [7, 11) is 0. The van der Waals surface area contributed by atoms with E-state index in [0.29, 0.717) is 18.3 Å². The van der Waals surface area contributed by atoms with E-state index in [2.05, 4.69) is 16.8 Å². The highest BCUT2D eigenvalue weighted by Gasteiger charge is 2.24. The van der Waals surface area contributed by atoms with E-state index < -0.39 is 6.55 Å². The van der Waals surface area contributed by atoms with E-state index in [9.17, 15) is 8.78 Å². The molecule has 4 nitrogen and oxygen atoms in total. The van der Waals surface area contributed by atoms with Gasteiger partial charge in [0.05, 0.1) is 6.54 Å². The van der Waals surface area contributed by atoms with Crippen molar-refractivity contribution >= 4 is 0 Å². The van der Waals surface area contributed by atoms with Gasteiger partial charge >= 0.3 is 6.55 Å². The number of piperidine rings is 1. The highest BCUT2D eigenvalue weighted by Crippen LogP contribution is 2.19. The van der Waals surface area contributed by atoms with Crippen LogP contribution in [0.3, 0.4) is 0 Å². The van der Waals surface area contributed by atoms with Crippen LogP contribution in [0.2, 0.25) is 0 Å². The van der Waals surface area contributed by atoms with Gasteiger partial charge in [0, 0.05) is 25.0 Å². The van der Waals surface area contributed by atoms with Gasteiger partial charge in [0.1, 0.15) is 5.82 Å². The van der Waals surface area contributed by atoms with Gasteiger partial charge in [-0.3, -0.25) is 9.47 Å². The Morgan fingerprint density at radius 3 is 3.00 bits per heavy atom. The average Bonchev–Trinajstić information content (AvgIpc) is 2.72. The van der Waals surface area contributed by atoms with Crippen LogP contribution in [0.5, 0.6) is 0 Å². The smallest absolute Gasteiger partial charge is 0.319 e. The lowest BCUT2D eigenvalue weighted by atomic mass is 9.94. The minimum absolute atomic E-state index is 0.124. The number of halogens is 2. The predicted molar refractivity (Wildman–Crippen MR) is 60.5 cm³/mol. The van der Waals surface area contributed by atoms with Crippen LogP contribution in [0.15, 0.2) is 12.4 Å². The molecule has 0 spiro atoms. The lowest BCUT2D eigenvalue weighted by Gasteiger charge is -2.34. The average molecular weight is 244 g/mol. The van der Waals surface area contributed by atoms with Crippen LogP contribution in [0.25, 0.3) is 0 Å². The molecule has 1 aromatic heterocycles. The van der Waals surface area contributed by atoms with Crippen molar-refractivity contribution in [1.82, 2.24) is 14.5 Å². The van der Waals surface area contributed by atoms with Gasteiger partial charge in [0.25, 0.3) is 0 Å². The van der Waals surface area contributed by atoms with Gasteiger partial charge in [-0.1, -0.05) is 6.92 Å². The molecule has 1 aliphatic rings. The fourth-order valence-corrected chi connectivity index (χ4v) is 2.16. The molecule has 0 saturated carbocycles. The summed E-state index contributed by atoms with van der Waals surface area (Å²) in [5.74, 6) is 0.905. The van der Waals surface area contributed by atoms with Gasteiger partial charge in [-0.2, -0.15) is 8.78 Å². The molecular formula is C11H18F2N4. The third-order valence-electron chi connectivity index (χ3n) is 3.42. The van der Waals surface area contributed by atoms with Gasteiger partial charge in [-0.05, 0) is 18.9 Å². The summed E-state index contributed by atoms with van der Waals surface area (Å²) < 4.78 is 26.2. The molecule has 2 atom stereocenters. The number of likely N-dealkylation sites (tertiary alicyclic amines) is 1. The fourth-order valence-electron chi connectivity index (χ4n) is 2.16. The van der Waals surface area contributed by atoms with Crippen LogP contribution in [-0.2, 0) is 6.54 Å². The molecule has 1 fully saturated rings. The quantitative estimate of drug-likeness (QED) is 0.875. The van der Waals surface area contributed by atoms with Gasteiger partial charge in [-0.15, -0.1) is 0 Å². The Balaban J connectivity index is 1.99. The number of hydrogen-bond acceptors (Lipinski definition) is 3. The fraction of sp³-hybridized carbons (Fsp3) is 0.727. The van der Waals surface area contributed by atoms with Gasteiger partial charge in [0.15, 0.2) is 0 Å². The minimum Gasteiger partial charge on any atom is -0.326 e. The minimum atomic E-state index is -2.52. The number of rotatable bonds is 3. The highest BCUT2D eigenvalue weighted by molar-refractivity contribution is 4.94. The van der Waals surface area contributed by atoms with Gasteiger partial charge < -0.3 is 5.73 Å². The first-order chi connectivity index (χ1) is 8.08. The lowest BCUT2D eigenvalue weighted by molar-refractivity contribution is 0.0618. The Kier molecular flexibility index (Phi) is 3.73. The number of hydrogen-bond donors (Lipinski definition) is 1. The summed E-state index contributed by atoms with van der Waals surface area (Å²) in [4.78, 5) is 6.07. The molecule has 17 heavy (non-hydrogen) atoms. The van der Waals surface area contributed by atoms with Gasteiger partial charge in [0.2, 0.25) is 0 Å². The third kappa shape index (κ3) is 2.81. The van der Waals surface area contributed by atoms with E-state index in [1.165, 1.54) is 12.4 Å². The number of alkyl halides is 2. The Hall–Kier alpha value is -1.01. The van der Waals surface area contributed by atoms with Crippen LogP contribution in [0, 0.1) is 5.92 Å². The maximum absolute atomic E-state index is 12.6. The summed E-state index contributed by atoms with van der Waals surface area (Å²) >= 11 is 0. The van der Waals surface area contributed by atoms with Crippen molar-refractivity contribution < 1.29 is 8.78 Å². The third-order valence-corrected chi connectivity index (χ3v) is 3.42. The standard InChI is InChI=1S/C11H18F2N4/c1-8-2-4-16(6-9(8)14)7-10-15-3-5-17(10)11(12)13/h3,5,8-9,11H,2,4,6-7,14H2,1H3. The molecular weight excluding hydrogens is 226 g/mol. The Labute approximate surface area is 99.4 Å². The van der Waals surface area contributed by atoms with Gasteiger partial charge in [-0.25, -0.2) is 4.98 Å². The SMILES string of the molecule is CC1CCN(Cc2nccn2C(F)F)CC1N. The number of imidazole rings is 1. The van der Waals surface area contributed by atoms with Crippen molar-refractivity contribution in [3.8, 4) is 0 Å². The second kappa shape index (κ2) is 5.10. The van der Waals surface area contributed by atoms with Crippen LogP contribution < -0.4 is 5.73 Å². The van der Waals surface area contributed by atoms with E-state index in [-0.39, 0.29) is 6.04 Å². The predicted octanol–water partition coefficient (Wildman–Crippen LogP) is 1.45. The zero-order chi connectivity index (χ0) is 12.4. The Bertz CT molecular complexity index is 366. The second-order valence-electron chi connectivity index (χ2n) is 4.69. The molecule has 2 unspecified atom stereocenters. The number of aromatic nitrogens is 2. The van der Waals surface area contributed by atoms with Crippen LogP contribution in [0.1, 0.15) is 25.7 Å². The first-order valence-corrected chi connectivity index (χ1v) is 5.85. The van der Waals surface area contributed by atoms with Crippen molar-refractivity contribution in [2.75, 3.05) is 13.1 Å². The molecule has 0 aromatic carbocycles. The zero-order valence-corrected chi connectivity index (χ0v) is 9.89. The van der Waals surface area contributed by atoms with Crippen molar-refractivity contribution in [2.45, 2.75) is 32.5 Å². The molecule has 1 aliphatic heterocycles. The van der Waals surface area contributed by atoms with Crippen LogP contribution >= 0.6 is 0 Å². The summed E-state index contributed by atoms with van der Waals surface area (Å²) in [5, 5.41) is 0. The molecule has 96 valence electrons. The topological polar surface area (TPSA) is 47.1 Å². The molecule has 0 bridgehead atoms. The first kappa shape index (κ1) is 12.4. The highest BCUT2D eigenvalue weighted by atomic mass is 19.3. The first-order valence-electron chi connectivity index (χ1n) is 5.85. The normalized spacial score (nSPS) is 26.6. The van der Waals surface area contributed by atoms with Crippen molar-refractivity contribution in [2.24, 2.45) is 11.7 Å². The largest absolute Gasteiger partial charge is 0.326 e. The maximum atomic E-state index is 12.6. The number of nitrogens with zero attached hydrogens (tertiary/aromatic N) is 3. The Morgan fingerprint density at radius 2 is 2.35 bits per heavy atom. The van der Waals surface area contributed by atoms with Crippen molar-refractivity contribution in [3.05, 3.63) is 18.2 Å². The molecule has 2 N–H and O–H groups in total.